The van der Waals surface area contributed by atoms with Gasteiger partial charge in [0, 0.05) is 12.8 Å². The predicted octanol–water partition coefficient (Wildman–Crippen LogP) is 1.32. The van der Waals surface area contributed by atoms with Crippen LogP contribution in [0.5, 0.6) is 0 Å². The maximum atomic E-state index is 10.6. The Labute approximate surface area is 50.2 Å². The fourth-order valence-corrected chi connectivity index (χ4v) is 0.567. The summed E-state index contributed by atoms with van der Waals surface area (Å²) in [7, 11) is 0. The van der Waals surface area contributed by atoms with E-state index in [2.05, 4.69) is 0 Å². The van der Waals surface area contributed by atoms with Crippen LogP contribution in [-0.2, 0) is 5.11 Å². The zero-order chi connectivity index (χ0) is 6.62. The van der Waals surface area contributed by atoms with Gasteiger partial charge in [0.15, 0.2) is 5.79 Å². The summed E-state index contributed by atoms with van der Waals surface area (Å²) >= 11 is 0. The lowest BCUT2D eigenvalue weighted by atomic mass is 10.1. The van der Waals surface area contributed by atoms with Crippen LogP contribution in [0.2, 0.25) is 0 Å². The van der Waals surface area contributed by atoms with Crippen LogP contribution in [-0.4, -0.2) is 10.9 Å². The minimum absolute atomic E-state index is 0.306. The van der Waals surface area contributed by atoms with Crippen molar-refractivity contribution >= 4 is 0 Å². The first-order valence-electron chi connectivity index (χ1n) is 3.05. The van der Waals surface area contributed by atoms with Gasteiger partial charge in [0.25, 0.3) is 0 Å². The Morgan fingerprint density at radius 1 is 1.50 bits per heavy atom. The fraction of sp³-hybridized carbons (Fsp3) is 1.00. The molecule has 0 rings (SSSR count). The lowest BCUT2D eigenvalue weighted by Crippen LogP contribution is -2.23. The van der Waals surface area contributed by atoms with Crippen LogP contribution >= 0.6 is 0 Å². The average molecular weight is 117 g/mol. The number of hydrogen-bond donors (Lipinski definition) is 1. The maximum Gasteiger partial charge on any atom is 0.199 e. The van der Waals surface area contributed by atoms with E-state index >= 15 is 0 Å². The standard InChI is InChI=1S/C6H13O2/c1-3-5-6(7,8)4-2/h7H,3-5H2,1-2H3. The second-order valence-corrected chi connectivity index (χ2v) is 2.05. The van der Waals surface area contributed by atoms with Crippen molar-refractivity contribution < 1.29 is 10.2 Å². The van der Waals surface area contributed by atoms with E-state index in [1.807, 2.05) is 6.92 Å². The van der Waals surface area contributed by atoms with Crippen molar-refractivity contribution in [2.24, 2.45) is 0 Å². The summed E-state index contributed by atoms with van der Waals surface area (Å²) in [6.45, 7) is 3.58. The molecule has 0 bridgehead atoms. The van der Waals surface area contributed by atoms with Gasteiger partial charge >= 0.3 is 0 Å². The molecule has 0 aliphatic heterocycles. The van der Waals surface area contributed by atoms with Crippen molar-refractivity contribution in [3.8, 4) is 0 Å². The van der Waals surface area contributed by atoms with Crippen molar-refractivity contribution in [3.05, 3.63) is 0 Å². The van der Waals surface area contributed by atoms with E-state index in [9.17, 15) is 5.11 Å². The van der Waals surface area contributed by atoms with Crippen LogP contribution < -0.4 is 0 Å². The molecule has 0 saturated heterocycles. The molecular weight excluding hydrogens is 104 g/mol. The smallest absolute Gasteiger partial charge is 0.199 e. The molecule has 0 aromatic rings. The molecule has 0 aliphatic carbocycles. The van der Waals surface area contributed by atoms with Gasteiger partial charge in [0.1, 0.15) is 0 Å². The van der Waals surface area contributed by atoms with Crippen LogP contribution in [0.1, 0.15) is 33.1 Å². The Hall–Kier alpha value is -0.0800. The molecule has 8 heavy (non-hydrogen) atoms. The molecule has 0 spiro atoms. The third-order valence-electron chi connectivity index (χ3n) is 1.19. The summed E-state index contributed by atoms with van der Waals surface area (Å²) in [5.41, 5.74) is 0. The molecule has 2 nitrogen and oxygen atoms in total. The monoisotopic (exact) mass is 117 g/mol. The van der Waals surface area contributed by atoms with Crippen molar-refractivity contribution in [3.63, 3.8) is 0 Å². The first kappa shape index (κ1) is 7.92. The van der Waals surface area contributed by atoms with Gasteiger partial charge in [-0.25, -0.2) is 0 Å². The molecule has 2 heteroatoms. The zero-order valence-electron chi connectivity index (χ0n) is 5.48. The molecule has 0 saturated carbocycles. The lowest BCUT2D eigenvalue weighted by Gasteiger charge is -2.14. The second kappa shape index (κ2) is 3.05. The van der Waals surface area contributed by atoms with Crippen LogP contribution in [0.3, 0.4) is 0 Å². The normalized spacial score (nSPS) is 12.0. The van der Waals surface area contributed by atoms with E-state index < -0.39 is 5.79 Å². The quantitative estimate of drug-likeness (QED) is 0.556. The average Bonchev–Trinajstić information content (AvgIpc) is 1.67. The van der Waals surface area contributed by atoms with Gasteiger partial charge in [0.05, 0.1) is 0 Å². The minimum Gasteiger partial charge on any atom is -0.363 e. The van der Waals surface area contributed by atoms with Crippen LogP contribution in [0.15, 0.2) is 0 Å². The Bertz CT molecular complexity index is 59.5. The van der Waals surface area contributed by atoms with E-state index in [1.54, 1.807) is 6.92 Å². The maximum absolute atomic E-state index is 10.6. The number of aliphatic hydroxyl groups is 1. The van der Waals surface area contributed by atoms with Crippen molar-refractivity contribution in [2.45, 2.75) is 38.9 Å². The molecule has 1 atom stereocenters. The summed E-state index contributed by atoms with van der Waals surface area (Å²) < 4.78 is 0. The van der Waals surface area contributed by atoms with Gasteiger partial charge in [-0.1, -0.05) is 20.3 Å². The van der Waals surface area contributed by atoms with Crippen LogP contribution in [0.25, 0.3) is 0 Å². The van der Waals surface area contributed by atoms with E-state index in [4.69, 9.17) is 5.11 Å². The molecule has 0 heterocycles. The lowest BCUT2D eigenvalue weighted by molar-refractivity contribution is -0.210. The molecular formula is C6H13O2. The third kappa shape index (κ3) is 2.99. The van der Waals surface area contributed by atoms with Gasteiger partial charge in [0.2, 0.25) is 0 Å². The number of rotatable bonds is 3. The Kier molecular flexibility index (Phi) is 3.02. The van der Waals surface area contributed by atoms with E-state index in [0.717, 1.165) is 6.42 Å². The minimum atomic E-state index is -1.66. The molecule has 0 aromatic heterocycles. The van der Waals surface area contributed by atoms with Gasteiger partial charge in [-0.2, -0.15) is 5.11 Å². The first-order valence-corrected chi connectivity index (χ1v) is 3.05. The van der Waals surface area contributed by atoms with Crippen LogP contribution in [0.4, 0.5) is 0 Å². The highest BCUT2D eigenvalue weighted by molar-refractivity contribution is 4.58. The molecule has 49 valence electrons. The summed E-state index contributed by atoms with van der Waals surface area (Å²) in [5.74, 6) is -1.66. The highest BCUT2D eigenvalue weighted by atomic mass is 16.5. The molecule has 0 aliphatic rings. The van der Waals surface area contributed by atoms with Crippen molar-refractivity contribution in [2.75, 3.05) is 0 Å². The zero-order valence-corrected chi connectivity index (χ0v) is 5.48. The summed E-state index contributed by atoms with van der Waals surface area (Å²) in [6, 6.07) is 0. The highest BCUT2D eigenvalue weighted by Gasteiger charge is 2.20. The first-order chi connectivity index (χ1) is 3.62. The predicted molar refractivity (Wildman–Crippen MR) is 30.8 cm³/mol. The third-order valence-corrected chi connectivity index (χ3v) is 1.19. The fourth-order valence-electron chi connectivity index (χ4n) is 0.567. The summed E-state index contributed by atoms with van der Waals surface area (Å²) in [6.07, 6.45) is 1.43. The Balaban J connectivity index is 3.37. The molecule has 0 fully saturated rings. The highest BCUT2D eigenvalue weighted by Crippen LogP contribution is 2.12. The van der Waals surface area contributed by atoms with E-state index in [1.165, 1.54) is 0 Å². The molecule has 1 unspecified atom stereocenters. The van der Waals surface area contributed by atoms with Gasteiger partial charge in [-0.3, -0.25) is 0 Å². The molecule has 1 N–H and O–H groups in total. The van der Waals surface area contributed by atoms with Crippen molar-refractivity contribution in [1.29, 1.82) is 0 Å². The largest absolute Gasteiger partial charge is 0.363 e. The Morgan fingerprint density at radius 2 is 2.00 bits per heavy atom. The SMILES string of the molecule is CCCC([O])(O)CC. The van der Waals surface area contributed by atoms with E-state index in [-0.39, 0.29) is 0 Å². The summed E-state index contributed by atoms with van der Waals surface area (Å²) in [4.78, 5) is 0. The van der Waals surface area contributed by atoms with E-state index in [0.29, 0.717) is 12.8 Å². The molecule has 0 aromatic carbocycles. The Morgan fingerprint density at radius 3 is 2.12 bits per heavy atom. The number of hydrogen-bond acceptors (Lipinski definition) is 1. The molecule has 1 radical (unpaired) electrons. The second-order valence-electron chi connectivity index (χ2n) is 2.05. The van der Waals surface area contributed by atoms with Gasteiger partial charge in [-0.15, -0.1) is 0 Å². The van der Waals surface area contributed by atoms with Crippen LogP contribution in [0, 0.1) is 0 Å². The topological polar surface area (TPSA) is 40.1 Å². The van der Waals surface area contributed by atoms with Crippen molar-refractivity contribution in [1.82, 2.24) is 0 Å². The summed E-state index contributed by atoms with van der Waals surface area (Å²) in [5, 5.41) is 19.4. The molecule has 0 amide bonds. The van der Waals surface area contributed by atoms with Gasteiger partial charge in [-0.05, 0) is 0 Å². The van der Waals surface area contributed by atoms with Gasteiger partial charge < -0.3 is 5.11 Å².